The number of fused-ring (bicyclic) bond motifs is 1. The minimum atomic E-state index is -0.366. The largest absolute Gasteiger partial charge is 0.454 e. The molecular weight excluding hydrogens is 424 g/mol. The molecule has 1 atom stereocenters. The van der Waals surface area contributed by atoms with Gasteiger partial charge in [0, 0.05) is 23.9 Å². The third-order valence-electron chi connectivity index (χ3n) is 5.69. The second kappa shape index (κ2) is 9.55. The smallest absolute Gasteiger partial charge is 0.339 e. The summed E-state index contributed by atoms with van der Waals surface area (Å²) in [4.78, 5) is 29.8. The number of carbonyl (C=O) groups excluding carboxylic acids is 2. The predicted molar refractivity (Wildman–Crippen MR) is 132 cm³/mol. The summed E-state index contributed by atoms with van der Waals surface area (Å²) < 4.78 is 5.61. The second-order valence-corrected chi connectivity index (χ2v) is 8.05. The molecule has 0 fully saturated rings. The molecule has 1 N–H and O–H groups in total. The van der Waals surface area contributed by atoms with E-state index in [4.69, 9.17) is 4.74 Å². The van der Waals surface area contributed by atoms with E-state index < -0.39 is 0 Å². The van der Waals surface area contributed by atoms with Crippen molar-refractivity contribution in [2.75, 3.05) is 5.32 Å². The molecular formula is C29H22N2O3. The molecule has 1 aliphatic rings. The molecule has 0 radical (unpaired) electrons. The minimum absolute atomic E-state index is 0.233. The summed E-state index contributed by atoms with van der Waals surface area (Å²) in [6, 6.07) is 28.1. The van der Waals surface area contributed by atoms with E-state index >= 15 is 0 Å². The monoisotopic (exact) mass is 446 g/mol. The Balaban J connectivity index is 1.32. The van der Waals surface area contributed by atoms with Gasteiger partial charge in [0.1, 0.15) is 6.10 Å². The predicted octanol–water partition coefficient (Wildman–Crippen LogP) is 5.96. The van der Waals surface area contributed by atoms with Crippen LogP contribution in [0.4, 0.5) is 5.69 Å². The van der Waals surface area contributed by atoms with Gasteiger partial charge in [0.2, 0.25) is 0 Å². The number of nitrogens with one attached hydrogen (secondary N) is 1. The number of pyridine rings is 1. The molecule has 0 bridgehead atoms. The van der Waals surface area contributed by atoms with Crippen molar-refractivity contribution < 1.29 is 14.3 Å². The molecule has 34 heavy (non-hydrogen) atoms. The fraction of sp³-hybridized carbons (Fsp3) is 0.0690. The zero-order valence-electron chi connectivity index (χ0n) is 18.3. The van der Waals surface area contributed by atoms with Gasteiger partial charge in [-0.15, -0.1) is 0 Å². The zero-order valence-corrected chi connectivity index (χ0v) is 18.3. The summed E-state index contributed by atoms with van der Waals surface area (Å²) in [7, 11) is 0. The first-order chi connectivity index (χ1) is 16.7. The molecule has 3 aromatic carbocycles. The molecule has 1 unspecified atom stereocenters. The summed E-state index contributed by atoms with van der Waals surface area (Å²) in [6.45, 7) is 0. The van der Waals surface area contributed by atoms with E-state index in [0.29, 0.717) is 23.2 Å². The molecule has 4 aromatic rings. The Labute approximate surface area is 197 Å². The summed E-state index contributed by atoms with van der Waals surface area (Å²) in [5.74, 6) is -0.599. The number of hydrogen-bond donors (Lipinski definition) is 1. The van der Waals surface area contributed by atoms with Crippen molar-refractivity contribution in [2.45, 2.75) is 12.5 Å². The van der Waals surface area contributed by atoms with Crippen LogP contribution in [0.3, 0.4) is 0 Å². The Morgan fingerprint density at radius 1 is 0.912 bits per heavy atom. The maximum atomic E-state index is 13.0. The Hall–Kier alpha value is -4.51. The second-order valence-electron chi connectivity index (χ2n) is 8.05. The van der Waals surface area contributed by atoms with E-state index in [1.807, 2.05) is 84.9 Å². The number of amides is 1. The Bertz CT molecular complexity index is 1360. The van der Waals surface area contributed by atoms with Crippen molar-refractivity contribution in [1.82, 2.24) is 4.98 Å². The highest BCUT2D eigenvalue weighted by Crippen LogP contribution is 2.31. The summed E-state index contributed by atoms with van der Waals surface area (Å²) in [5, 5.41) is 2.95. The maximum absolute atomic E-state index is 13.0. The third kappa shape index (κ3) is 4.79. The highest BCUT2D eigenvalue weighted by atomic mass is 16.5. The highest BCUT2D eigenvalue weighted by molar-refractivity contribution is 6.05. The molecule has 0 spiro atoms. The topological polar surface area (TPSA) is 68.3 Å². The minimum Gasteiger partial charge on any atom is -0.454 e. The molecule has 5 rings (SSSR count). The van der Waals surface area contributed by atoms with Gasteiger partial charge in [-0.3, -0.25) is 9.78 Å². The number of nitrogens with zero attached hydrogens (tertiary/aromatic N) is 1. The van der Waals surface area contributed by atoms with E-state index in [9.17, 15) is 9.59 Å². The molecule has 1 aliphatic heterocycles. The number of anilines is 1. The van der Waals surface area contributed by atoms with Gasteiger partial charge in [0.05, 0.1) is 11.3 Å². The van der Waals surface area contributed by atoms with Gasteiger partial charge in [-0.2, -0.15) is 0 Å². The Morgan fingerprint density at radius 3 is 2.59 bits per heavy atom. The SMILES string of the molecule is O=C(Nc1cccc(C=Cc2ccccn2)c1)c1ccc2c(c1)CC(c1ccccc1)OC2=O. The van der Waals surface area contributed by atoms with Gasteiger partial charge < -0.3 is 10.1 Å². The van der Waals surface area contributed by atoms with Gasteiger partial charge in [-0.1, -0.05) is 54.6 Å². The third-order valence-corrected chi connectivity index (χ3v) is 5.69. The van der Waals surface area contributed by atoms with E-state index in [-0.39, 0.29) is 18.0 Å². The van der Waals surface area contributed by atoms with E-state index in [1.165, 1.54) is 0 Å². The van der Waals surface area contributed by atoms with E-state index in [2.05, 4.69) is 10.3 Å². The number of benzene rings is 3. The van der Waals surface area contributed by atoms with Gasteiger partial charge in [0.15, 0.2) is 0 Å². The normalized spacial score (nSPS) is 14.9. The van der Waals surface area contributed by atoms with Crippen molar-refractivity contribution >= 4 is 29.7 Å². The summed E-state index contributed by atoms with van der Waals surface area (Å²) >= 11 is 0. The van der Waals surface area contributed by atoms with Crippen LogP contribution in [0.5, 0.6) is 0 Å². The van der Waals surface area contributed by atoms with Crippen molar-refractivity contribution in [2.24, 2.45) is 0 Å². The van der Waals surface area contributed by atoms with Gasteiger partial charge in [-0.25, -0.2) is 4.79 Å². The number of cyclic esters (lactones) is 1. The number of ether oxygens (including phenoxy) is 1. The number of hydrogen-bond acceptors (Lipinski definition) is 4. The molecule has 166 valence electrons. The molecule has 5 heteroatoms. The molecule has 1 amide bonds. The van der Waals surface area contributed by atoms with Crippen molar-refractivity contribution in [3.05, 3.63) is 131 Å². The lowest BCUT2D eigenvalue weighted by Gasteiger charge is -2.25. The number of carbonyl (C=O) groups is 2. The molecule has 0 saturated carbocycles. The van der Waals surface area contributed by atoms with E-state index in [0.717, 1.165) is 22.4 Å². The lowest BCUT2D eigenvalue weighted by molar-refractivity contribution is 0.0252. The molecule has 0 saturated heterocycles. The lowest BCUT2D eigenvalue weighted by atomic mass is 9.93. The first kappa shape index (κ1) is 21.3. The van der Waals surface area contributed by atoms with Crippen LogP contribution < -0.4 is 5.32 Å². The average Bonchev–Trinajstić information content (AvgIpc) is 2.88. The fourth-order valence-electron chi connectivity index (χ4n) is 3.97. The maximum Gasteiger partial charge on any atom is 0.339 e. The van der Waals surface area contributed by atoms with Crippen LogP contribution in [0.1, 0.15) is 49.2 Å². The number of rotatable bonds is 5. The molecule has 1 aromatic heterocycles. The van der Waals surface area contributed by atoms with Crippen LogP contribution in [0.2, 0.25) is 0 Å². The Kier molecular flexibility index (Phi) is 5.99. The molecule has 5 nitrogen and oxygen atoms in total. The quantitative estimate of drug-likeness (QED) is 0.384. The van der Waals surface area contributed by atoms with Gasteiger partial charge >= 0.3 is 5.97 Å². The zero-order chi connectivity index (χ0) is 23.3. The van der Waals surface area contributed by atoms with Gasteiger partial charge in [0.25, 0.3) is 5.91 Å². The summed E-state index contributed by atoms with van der Waals surface area (Å²) in [6.07, 6.45) is 5.79. The first-order valence-corrected chi connectivity index (χ1v) is 11.0. The molecule has 2 heterocycles. The molecule has 0 aliphatic carbocycles. The van der Waals surface area contributed by atoms with Crippen LogP contribution >= 0.6 is 0 Å². The average molecular weight is 447 g/mol. The van der Waals surface area contributed by atoms with Crippen LogP contribution in [-0.4, -0.2) is 16.9 Å². The first-order valence-electron chi connectivity index (χ1n) is 11.0. The fourth-order valence-corrected chi connectivity index (χ4v) is 3.97. The highest BCUT2D eigenvalue weighted by Gasteiger charge is 2.28. The summed E-state index contributed by atoms with van der Waals surface area (Å²) in [5.41, 5.74) is 5.24. The van der Waals surface area contributed by atoms with Crippen LogP contribution in [-0.2, 0) is 11.2 Å². The van der Waals surface area contributed by atoms with Crippen molar-refractivity contribution in [3.63, 3.8) is 0 Å². The number of aromatic nitrogens is 1. The standard InChI is InChI=1S/C29H22N2O3/c32-28(31-25-11-6-7-20(17-25)12-14-24-10-4-5-16-30-24)22-13-15-26-23(18-22)19-27(34-29(26)33)21-8-2-1-3-9-21/h1-18,27H,19H2,(H,31,32). The van der Waals surface area contributed by atoms with E-state index in [1.54, 1.807) is 24.4 Å². The van der Waals surface area contributed by atoms with Crippen LogP contribution in [0.15, 0.2) is 97.2 Å². The van der Waals surface area contributed by atoms with Gasteiger partial charge in [-0.05, 0) is 65.2 Å². The number of esters is 1. The van der Waals surface area contributed by atoms with Crippen molar-refractivity contribution in [3.8, 4) is 0 Å². The van der Waals surface area contributed by atoms with Crippen LogP contribution in [0.25, 0.3) is 12.2 Å². The lowest BCUT2D eigenvalue weighted by Crippen LogP contribution is -2.23. The van der Waals surface area contributed by atoms with Crippen LogP contribution in [0, 0.1) is 0 Å². The van der Waals surface area contributed by atoms with Crippen molar-refractivity contribution in [1.29, 1.82) is 0 Å². The Morgan fingerprint density at radius 2 is 1.76 bits per heavy atom.